The molecule has 4 heterocycles. The van der Waals surface area contributed by atoms with Crippen LogP contribution in [-0.4, -0.2) is 56.3 Å². The maximum Gasteiger partial charge on any atom is 0.253 e. The normalized spacial score (nSPS) is 15.8. The fraction of sp³-hybridized carbons (Fsp3) is 0.500. The van der Waals surface area contributed by atoms with Crippen LogP contribution in [-0.2, 0) is 11.2 Å². The van der Waals surface area contributed by atoms with Crippen LogP contribution in [0.5, 0.6) is 0 Å². The van der Waals surface area contributed by atoms with Gasteiger partial charge < -0.3 is 5.32 Å². The van der Waals surface area contributed by atoms with Crippen molar-refractivity contribution in [1.29, 1.82) is 0 Å². The second-order valence-electron chi connectivity index (χ2n) is 7.33. The highest BCUT2D eigenvalue weighted by atomic mass is 32.2. The predicted molar refractivity (Wildman–Crippen MR) is 117 cm³/mol. The number of aryl methyl sites for hydroxylation is 2. The van der Waals surface area contributed by atoms with Gasteiger partial charge >= 0.3 is 0 Å². The molecule has 0 aromatic carbocycles. The number of nitrogens with zero attached hydrogens (tertiary/aromatic N) is 5. The quantitative estimate of drug-likeness (QED) is 0.581. The Kier molecular flexibility index (Phi) is 6.17. The first kappa shape index (κ1) is 20.3. The zero-order chi connectivity index (χ0) is 20.4. The fourth-order valence-electron chi connectivity index (χ4n) is 3.91. The van der Waals surface area contributed by atoms with E-state index in [0.717, 1.165) is 30.0 Å². The second-order valence-corrected chi connectivity index (χ2v) is 9.08. The molecule has 0 bridgehead atoms. The average Bonchev–Trinajstić information content (AvgIpc) is 3.46. The molecule has 7 nitrogen and oxygen atoms in total. The van der Waals surface area contributed by atoms with Gasteiger partial charge in [0.1, 0.15) is 0 Å². The summed E-state index contributed by atoms with van der Waals surface area (Å²) < 4.78 is 1.74. The van der Waals surface area contributed by atoms with E-state index >= 15 is 0 Å². The lowest BCUT2D eigenvalue weighted by molar-refractivity contribution is -0.120. The van der Waals surface area contributed by atoms with E-state index in [4.69, 9.17) is 0 Å². The molecular weight excluding hydrogens is 404 g/mol. The number of thiophene rings is 1. The Hall–Kier alpha value is -1.97. The van der Waals surface area contributed by atoms with Gasteiger partial charge in [0.05, 0.1) is 12.5 Å². The molecule has 1 aliphatic heterocycles. The number of thioether (sulfide) groups is 1. The standard InChI is InChI=1S/C20H26N6OS2/c1-13-15(14(2)26-19(22-13)23-20(24-26)28-3)11-18(27)21-12-16(17-7-6-10-29-17)25-8-4-5-9-25/h6-7,10,16H,4-5,8-9,11-12H2,1-3H3,(H,21,27). The molecule has 1 aliphatic rings. The van der Waals surface area contributed by atoms with Gasteiger partial charge in [-0.05, 0) is 57.5 Å². The molecule has 3 aromatic rings. The van der Waals surface area contributed by atoms with Crippen LogP contribution in [0.15, 0.2) is 22.7 Å². The number of fused-ring (bicyclic) bond motifs is 1. The van der Waals surface area contributed by atoms with Crippen molar-refractivity contribution in [3.63, 3.8) is 0 Å². The van der Waals surface area contributed by atoms with Crippen molar-refractivity contribution < 1.29 is 4.79 Å². The first-order chi connectivity index (χ1) is 14.1. The lowest BCUT2D eigenvalue weighted by Crippen LogP contribution is -2.37. The SMILES string of the molecule is CSc1nc2nc(C)c(CC(=O)NCC(c3cccs3)N3CCCC3)c(C)n2n1. The molecule has 3 aromatic heterocycles. The van der Waals surface area contributed by atoms with E-state index in [2.05, 4.69) is 42.8 Å². The molecule has 9 heteroatoms. The van der Waals surface area contributed by atoms with Crippen molar-refractivity contribution in [1.82, 2.24) is 29.8 Å². The van der Waals surface area contributed by atoms with Crippen LogP contribution < -0.4 is 5.32 Å². The molecule has 154 valence electrons. The number of carbonyl (C=O) groups is 1. The van der Waals surface area contributed by atoms with Gasteiger partial charge in [0.2, 0.25) is 11.1 Å². The van der Waals surface area contributed by atoms with Crippen molar-refractivity contribution in [3.8, 4) is 0 Å². The summed E-state index contributed by atoms with van der Waals surface area (Å²) in [7, 11) is 0. The van der Waals surface area contributed by atoms with Gasteiger partial charge in [-0.25, -0.2) is 9.50 Å². The molecule has 1 N–H and O–H groups in total. The maximum atomic E-state index is 12.8. The van der Waals surface area contributed by atoms with Gasteiger partial charge in [-0.1, -0.05) is 17.8 Å². The number of rotatable bonds is 7. The third-order valence-electron chi connectivity index (χ3n) is 5.50. The molecule has 1 fully saturated rings. The topological polar surface area (TPSA) is 75.4 Å². The monoisotopic (exact) mass is 430 g/mol. The van der Waals surface area contributed by atoms with Crippen LogP contribution in [0.1, 0.15) is 40.7 Å². The summed E-state index contributed by atoms with van der Waals surface area (Å²) in [6.45, 7) is 6.74. The van der Waals surface area contributed by atoms with E-state index in [0.29, 0.717) is 23.9 Å². The highest BCUT2D eigenvalue weighted by Gasteiger charge is 2.25. The van der Waals surface area contributed by atoms with Gasteiger partial charge in [0, 0.05) is 28.4 Å². The van der Waals surface area contributed by atoms with Gasteiger partial charge in [-0.15, -0.1) is 16.4 Å². The first-order valence-electron chi connectivity index (χ1n) is 9.88. The lowest BCUT2D eigenvalue weighted by atomic mass is 10.1. The largest absolute Gasteiger partial charge is 0.354 e. The number of hydrogen-bond acceptors (Lipinski definition) is 7. The Bertz CT molecular complexity index is 994. The molecule has 0 radical (unpaired) electrons. The van der Waals surface area contributed by atoms with E-state index in [-0.39, 0.29) is 11.9 Å². The molecule has 0 aliphatic carbocycles. The highest BCUT2D eigenvalue weighted by molar-refractivity contribution is 7.98. The summed E-state index contributed by atoms with van der Waals surface area (Å²) in [5.74, 6) is 0.601. The minimum atomic E-state index is 0.0170. The highest BCUT2D eigenvalue weighted by Crippen LogP contribution is 2.28. The van der Waals surface area contributed by atoms with E-state index in [1.165, 1.54) is 29.5 Å². The second kappa shape index (κ2) is 8.81. The van der Waals surface area contributed by atoms with Crippen LogP contribution in [0.25, 0.3) is 5.78 Å². The third-order valence-corrected chi connectivity index (χ3v) is 7.01. The van der Waals surface area contributed by atoms with Crippen molar-refractivity contribution >= 4 is 34.8 Å². The summed E-state index contributed by atoms with van der Waals surface area (Å²) in [5.41, 5.74) is 2.67. The van der Waals surface area contributed by atoms with Gasteiger partial charge in [-0.2, -0.15) is 4.98 Å². The van der Waals surface area contributed by atoms with Crippen molar-refractivity contribution in [2.45, 2.75) is 44.3 Å². The van der Waals surface area contributed by atoms with Crippen LogP contribution in [0.2, 0.25) is 0 Å². The van der Waals surface area contributed by atoms with E-state index < -0.39 is 0 Å². The van der Waals surface area contributed by atoms with Crippen molar-refractivity contribution in [2.24, 2.45) is 0 Å². The number of aromatic nitrogens is 4. The summed E-state index contributed by atoms with van der Waals surface area (Å²) in [5, 5.41) is 10.4. The number of amides is 1. The predicted octanol–water partition coefficient (Wildman–Crippen LogP) is 3.02. The summed E-state index contributed by atoms with van der Waals surface area (Å²) in [6, 6.07) is 4.50. The first-order valence-corrected chi connectivity index (χ1v) is 12.0. The fourth-order valence-corrected chi connectivity index (χ4v) is 5.11. The number of hydrogen-bond donors (Lipinski definition) is 1. The Labute approximate surface area is 178 Å². The minimum absolute atomic E-state index is 0.0170. The summed E-state index contributed by atoms with van der Waals surface area (Å²) in [6.07, 6.45) is 4.70. The van der Waals surface area contributed by atoms with E-state index in [1.54, 1.807) is 15.9 Å². The van der Waals surface area contributed by atoms with Crippen LogP contribution in [0.3, 0.4) is 0 Å². The maximum absolute atomic E-state index is 12.8. The van der Waals surface area contributed by atoms with E-state index in [1.807, 2.05) is 20.1 Å². The minimum Gasteiger partial charge on any atom is -0.354 e. The summed E-state index contributed by atoms with van der Waals surface area (Å²) >= 11 is 3.25. The molecule has 1 saturated heterocycles. The Balaban J connectivity index is 1.47. The number of carbonyl (C=O) groups excluding carboxylic acids is 1. The number of nitrogens with one attached hydrogen (secondary N) is 1. The molecule has 4 rings (SSSR count). The molecule has 0 spiro atoms. The molecule has 1 unspecified atom stereocenters. The Morgan fingerprint density at radius 1 is 1.31 bits per heavy atom. The van der Waals surface area contributed by atoms with Crippen molar-refractivity contribution in [3.05, 3.63) is 39.3 Å². The Morgan fingerprint density at radius 2 is 2.10 bits per heavy atom. The van der Waals surface area contributed by atoms with E-state index in [9.17, 15) is 4.79 Å². The Morgan fingerprint density at radius 3 is 2.79 bits per heavy atom. The number of likely N-dealkylation sites (tertiary alicyclic amines) is 1. The molecule has 29 heavy (non-hydrogen) atoms. The molecular formula is C20H26N6OS2. The molecule has 1 atom stereocenters. The zero-order valence-electron chi connectivity index (χ0n) is 17.0. The third kappa shape index (κ3) is 4.31. The van der Waals surface area contributed by atoms with Crippen molar-refractivity contribution in [2.75, 3.05) is 25.9 Å². The van der Waals surface area contributed by atoms with Crippen LogP contribution >= 0.6 is 23.1 Å². The molecule has 1 amide bonds. The summed E-state index contributed by atoms with van der Waals surface area (Å²) in [4.78, 5) is 25.5. The zero-order valence-corrected chi connectivity index (χ0v) is 18.6. The van der Waals surface area contributed by atoms with Gasteiger partial charge in [-0.3, -0.25) is 9.69 Å². The van der Waals surface area contributed by atoms with Gasteiger partial charge in [0.25, 0.3) is 5.78 Å². The van der Waals surface area contributed by atoms with Gasteiger partial charge in [0.15, 0.2) is 0 Å². The smallest absolute Gasteiger partial charge is 0.253 e. The average molecular weight is 431 g/mol. The molecule has 0 saturated carbocycles. The lowest BCUT2D eigenvalue weighted by Gasteiger charge is -2.27. The van der Waals surface area contributed by atoms with Crippen LogP contribution in [0, 0.1) is 13.8 Å². The van der Waals surface area contributed by atoms with Crippen LogP contribution in [0.4, 0.5) is 0 Å².